The van der Waals surface area contributed by atoms with Crippen LogP contribution in [0.25, 0.3) is 12.2 Å². The first-order valence-electron chi connectivity index (χ1n) is 7.51. The first-order chi connectivity index (χ1) is 11.3. The van der Waals surface area contributed by atoms with Gasteiger partial charge in [0.1, 0.15) is 0 Å². The molecule has 23 heavy (non-hydrogen) atoms. The highest BCUT2D eigenvalue weighted by Gasteiger charge is 2.04. The van der Waals surface area contributed by atoms with Crippen molar-refractivity contribution in [2.75, 3.05) is 5.32 Å². The van der Waals surface area contributed by atoms with Gasteiger partial charge in [-0.1, -0.05) is 72.8 Å². The highest BCUT2D eigenvalue weighted by molar-refractivity contribution is 6.04. The summed E-state index contributed by atoms with van der Waals surface area (Å²) in [4.78, 5) is 12.1. The lowest BCUT2D eigenvalue weighted by Crippen LogP contribution is -2.11. The number of benzene rings is 3. The smallest absolute Gasteiger partial charge is 0.255 e. The van der Waals surface area contributed by atoms with Crippen LogP contribution >= 0.6 is 0 Å². The van der Waals surface area contributed by atoms with Gasteiger partial charge in [0.15, 0.2) is 0 Å². The first kappa shape index (κ1) is 14.8. The highest BCUT2D eigenvalue weighted by Crippen LogP contribution is 2.14. The summed E-state index contributed by atoms with van der Waals surface area (Å²) in [6.45, 7) is 0. The fourth-order valence-corrected chi connectivity index (χ4v) is 2.23. The van der Waals surface area contributed by atoms with E-state index < -0.39 is 0 Å². The maximum atomic E-state index is 12.1. The second kappa shape index (κ2) is 7.23. The zero-order valence-electron chi connectivity index (χ0n) is 12.6. The Morgan fingerprint density at radius 3 is 1.78 bits per heavy atom. The van der Waals surface area contributed by atoms with Gasteiger partial charge < -0.3 is 5.32 Å². The van der Waals surface area contributed by atoms with E-state index in [1.54, 1.807) is 12.1 Å². The van der Waals surface area contributed by atoms with Crippen LogP contribution in [0.4, 0.5) is 5.69 Å². The number of rotatable bonds is 4. The Labute approximate surface area is 136 Å². The molecule has 0 radical (unpaired) electrons. The summed E-state index contributed by atoms with van der Waals surface area (Å²) in [6, 6.07) is 27.1. The molecule has 0 spiro atoms. The SMILES string of the molecule is O=C(Nc1ccc(C=Cc2ccccc2)cc1)c1ccccc1. The van der Waals surface area contributed by atoms with Gasteiger partial charge >= 0.3 is 0 Å². The summed E-state index contributed by atoms with van der Waals surface area (Å²) >= 11 is 0. The molecule has 0 atom stereocenters. The molecule has 0 unspecified atom stereocenters. The molecule has 2 nitrogen and oxygen atoms in total. The lowest BCUT2D eigenvalue weighted by Gasteiger charge is -2.05. The Morgan fingerprint density at radius 2 is 1.17 bits per heavy atom. The van der Waals surface area contributed by atoms with Crippen molar-refractivity contribution in [2.45, 2.75) is 0 Å². The van der Waals surface area contributed by atoms with Crippen molar-refractivity contribution in [3.05, 3.63) is 102 Å². The first-order valence-corrected chi connectivity index (χ1v) is 7.51. The third kappa shape index (κ3) is 4.17. The number of hydrogen-bond acceptors (Lipinski definition) is 1. The van der Waals surface area contributed by atoms with Gasteiger partial charge in [0.05, 0.1) is 0 Å². The van der Waals surface area contributed by atoms with E-state index in [1.165, 1.54) is 0 Å². The van der Waals surface area contributed by atoms with Crippen molar-refractivity contribution in [3.8, 4) is 0 Å². The average Bonchev–Trinajstić information content (AvgIpc) is 2.63. The molecule has 0 saturated heterocycles. The molecule has 3 rings (SSSR count). The summed E-state index contributed by atoms with van der Waals surface area (Å²) < 4.78 is 0. The van der Waals surface area contributed by atoms with Gasteiger partial charge in [-0.3, -0.25) is 4.79 Å². The van der Waals surface area contributed by atoms with Crippen LogP contribution in [-0.2, 0) is 0 Å². The van der Waals surface area contributed by atoms with Crippen LogP contribution in [0.5, 0.6) is 0 Å². The zero-order chi connectivity index (χ0) is 15.9. The van der Waals surface area contributed by atoms with E-state index >= 15 is 0 Å². The normalized spacial score (nSPS) is 10.6. The molecule has 1 amide bonds. The fraction of sp³-hybridized carbons (Fsp3) is 0. The minimum atomic E-state index is -0.0989. The maximum Gasteiger partial charge on any atom is 0.255 e. The third-order valence-electron chi connectivity index (χ3n) is 3.47. The van der Waals surface area contributed by atoms with E-state index in [0.29, 0.717) is 5.56 Å². The van der Waals surface area contributed by atoms with Gasteiger partial charge in [0, 0.05) is 11.3 Å². The van der Waals surface area contributed by atoms with Gasteiger partial charge in [0.2, 0.25) is 0 Å². The second-order valence-electron chi connectivity index (χ2n) is 5.19. The molecule has 0 bridgehead atoms. The fourth-order valence-electron chi connectivity index (χ4n) is 2.23. The number of amides is 1. The molecular formula is C21H17NO. The van der Waals surface area contributed by atoms with Crippen LogP contribution in [0.1, 0.15) is 21.5 Å². The van der Waals surface area contributed by atoms with Crippen LogP contribution in [-0.4, -0.2) is 5.91 Å². The zero-order valence-corrected chi connectivity index (χ0v) is 12.6. The Bertz CT molecular complexity index is 790. The Morgan fingerprint density at radius 1 is 0.652 bits per heavy atom. The van der Waals surface area contributed by atoms with E-state index in [9.17, 15) is 4.79 Å². The second-order valence-corrected chi connectivity index (χ2v) is 5.19. The summed E-state index contributed by atoms with van der Waals surface area (Å²) in [5, 5.41) is 2.90. The number of hydrogen-bond donors (Lipinski definition) is 1. The Hall–Kier alpha value is -3.13. The molecule has 2 heteroatoms. The van der Waals surface area contributed by atoms with Crippen LogP contribution in [0.3, 0.4) is 0 Å². The van der Waals surface area contributed by atoms with Crippen molar-refractivity contribution >= 4 is 23.7 Å². The molecule has 0 heterocycles. The van der Waals surface area contributed by atoms with Gasteiger partial charge in [0.25, 0.3) is 5.91 Å². The van der Waals surface area contributed by atoms with E-state index in [0.717, 1.165) is 16.8 Å². The number of carbonyl (C=O) groups excluding carboxylic acids is 1. The Balaban J connectivity index is 1.65. The molecule has 1 N–H and O–H groups in total. The van der Waals surface area contributed by atoms with Gasteiger partial charge in [-0.2, -0.15) is 0 Å². The maximum absolute atomic E-state index is 12.1. The molecule has 0 aromatic heterocycles. The van der Waals surface area contributed by atoms with Gasteiger partial charge in [-0.05, 0) is 35.4 Å². The molecule has 0 aliphatic rings. The summed E-state index contributed by atoms with van der Waals surface area (Å²) in [6.07, 6.45) is 4.12. The van der Waals surface area contributed by atoms with E-state index in [1.807, 2.05) is 60.7 Å². The standard InChI is InChI=1S/C21H17NO/c23-21(19-9-5-2-6-10-19)22-20-15-13-18(14-16-20)12-11-17-7-3-1-4-8-17/h1-16H,(H,22,23). The van der Waals surface area contributed by atoms with Gasteiger partial charge in [-0.25, -0.2) is 0 Å². The minimum Gasteiger partial charge on any atom is -0.322 e. The molecule has 0 aliphatic carbocycles. The molecule has 3 aromatic carbocycles. The van der Waals surface area contributed by atoms with Crippen molar-refractivity contribution in [3.63, 3.8) is 0 Å². The molecule has 0 fully saturated rings. The Kier molecular flexibility index (Phi) is 4.65. The molecule has 3 aromatic rings. The van der Waals surface area contributed by atoms with Crippen molar-refractivity contribution in [2.24, 2.45) is 0 Å². The number of carbonyl (C=O) groups is 1. The van der Waals surface area contributed by atoms with Crippen molar-refractivity contribution in [1.29, 1.82) is 0 Å². The monoisotopic (exact) mass is 299 g/mol. The molecular weight excluding hydrogens is 282 g/mol. The quantitative estimate of drug-likeness (QED) is 0.666. The summed E-state index contributed by atoms with van der Waals surface area (Å²) in [7, 11) is 0. The molecule has 0 saturated carbocycles. The van der Waals surface area contributed by atoms with Crippen LogP contribution in [0.15, 0.2) is 84.9 Å². The van der Waals surface area contributed by atoms with Crippen LogP contribution in [0, 0.1) is 0 Å². The average molecular weight is 299 g/mol. The van der Waals surface area contributed by atoms with Crippen LogP contribution < -0.4 is 5.32 Å². The van der Waals surface area contributed by atoms with Gasteiger partial charge in [-0.15, -0.1) is 0 Å². The lowest BCUT2D eigenvalue weighted by atomic mass is 10.1. The molecule has 0 aliphatic heterocycles. The third-order valence-corrected chi connectivity index (χ3v) is 3.47. The molecule has 112 valence electrons. The summed E-state index contributed by atoms with van der Waals surface area (Å²) in [5.41, 5.74) is 3.69. The van der Waals surface area contributed by atoms with E-state index in [-0.39, 0.29) is 5.91 Å². The van der Waals surface area contributed by atoms with Crippen LogP contribution in [0.2, 0.25) is 0 Å². The largest absolute Gasteiger partial charge is 0.322 e. The van der Waals surface area contributed by atoms with Crippen molar-refractivity contribution < 1.29 is 4.79 Å². The predicted octanol–water partition coefficient (Wildman–Crippen LogP) is 5.11. The predicted molar refractivity (Wildman–Crippen MR) is 96.2 cm³/mol. The number of anilines is 1. The minimum absolute atomic E-state index is 0.0989. The van der Waals surface area contributed by atoms with E-state index in [4.69, 9.17) is 0 Å². The topological polar surface area (TPSA) is 29.1 Å². The lowest BCUT2D eigenvalue weighted by molar-refractivity contribution is 0.102. The number of nitrogens with one attached hydrogen (secondary N) is 1. The summed E-state index contributed by atoms with van der Waals surface area (Å²) in [5.74, 6) is -0.0989. The highest BCUT2D eigenvalue weighted by atomic mass is 16.1. The van der Waals surface area contributed by atoms with E-state index in [2.05, 4.69) is 29.6 Å². The van der Waals surface area contributed by atoms with Crippen molar-refractivity contribution in [1.82, 2.24) is 0 Å².